The van der Waals surface area contributed by atoms with Crippen molar-refractivity contribution in [2.45, 2.75) is 5.54 Å². The number of halogens is 2. The van der Waals surface area contributed by atoms with Gasteiger partial charge in [-0.3, -0.25) is 10.1 Å². The average Bonchev–Trinajstić information content (AvgIpc) is 2.88. The molecule has 1 saturated heterocycles. The van der Waals surface area contributed by atoms with E-state index in [4.69, 9.17) is 27.9 Å². The van der Waals surface area contributed by atoms with E-state index in [0.29, 0.717) is 21.9 Å². The molecule has 2 aromatic rings. The Bertz CT molecular complexity index is 962. The summed E-state index contributed by atoms with van der Waals surface area (Å²) in [4.78, 5) is 39.5. The zero-order valence-corrected chi connectivity index (χ0v) is 16.8. The maximum absolute atomic E-state index is 12.9. The van der Waals surface area contributed by atoms with Gasteiger partial charge in [-0.2, -0.15) is 0 Å². The van der Waals surface area contributed by atoms with Crippen molar-refractivity contribution in [3.8, 4) is 5.75 Å². The quantitative estimate of drug-likeness (QED) is 0.769. The van der Waals surface area contributed by atoms with Crippen molar-refractivity contribution in [2.75, 3.05) is 21.1 Å². The van der Waals surface area contributed by atoms with Crippen LogP contribution in [-0.2, 0) is 10.3 Å². The third kappa shape index (κ3) is 3.16. The molecular weight excluding hydrogens is 405 g/mol. The van der Waals surface area contributed by atoms with E-state index in [0.717, 1.165) is 0 Å². The smallest absolute Gasteiger partial charge is 0.410 e. The number of urea groups is 1. The van der Waals surface area contributed by atoms with Crippen LogP contribution in [0, 0.1) is 0 Å². The zero-order chi connectivity index (χ0) is 20.6. The first-order chi connectivity index (χ1) is 13.2. The molecule has 7 nitrogen and oxygen atoms in total. The van der Waals surface area contributed by atoms with Gasteiger partial charge in [-0.05, 0) is 35.4 Å². The molecule has 146 valence electrons. The van der Waals surface area contributed by atoms with Gasteiger partial charge in [0.05, 0.1) is 10.0 Å². The summed E-state index contributed by atoms with van der Waals surface area (Å²) in [6.45, 7) is 0. The van der Waals surface area contributed by atoms with Crippen molar-refractivity contribution in [1.82, 2.24) is 15.1 Å². The molecule has 9 heteroatoms. The first kappa shape index (κ1) is 20.0. The number of nitrogens with zero attached hydrogens (tertiary/aromatic N) is 2. The minimum absolute atomic E-state index is 0.260. The number of nitrogens with one attached hydrogen (secondary N) is 1. The van der Waals surface area contributed by atoms with Gasteiger partial charge in [-0.1, -0.05) is 41.4 Å². The predicted octanol–water partition coefficient (Wildman–Crippen LogP) is 3.48. The molecule has 1 aliphatic heterocycles. The Kier molecular flexibility index (Phi) is 5.23. The summed E-state index contributed by atoms with van der Waals surface area (Å²) in [5, 5.41) is 2.92. The number of benzene rings is 2. The molecule has 1 heterocycles. The number of ether oxygens (including phenoxy) is 1. The maximum Gasteiger partial charge on any atom is 0.414 e. The summed E-state index contributed by atoms with van der Waals surface area (Å²) in [6.07, 6.45) is -0.530. The van der Waals surface area contributed by atoms with E-state index in [9.17, 15) is 14.4 Å². The highest BCUT2D eigenvalue weighted by molar-refractivity contribution is 6.42. The van der Waals surface area contributed by atoms with Gasteiger partial charge in [0.15, 0.2) is 5.54 Å². The lowest BCUT2D eigenvalue weighted by molar-refractivity contribution is -0.124. The molecule has 0 radical (unpaired) electrons. The normalized spacial score (nSPS) is 18.8. The second-order valence-corrected chi connectivity index (χ2v) is 7.26. The molecule has 1 fully saturated rings. The molecule has 3 rings (SSSR count). The Hall–Kier alpha value is -2.77. The van der Waals surface area contributed by atoms with Crippen LogP contribution in [0.3, 0.4) is 0 Å². The molecule has 0 aromatic heterocycles. The Morgan fingerprint density at radius 3 is 2.14 bits per heavy atom. The van der Waals surface area contributed by atoms with Gasteiger partial charge in [0.1, 0.15) is 5.75 Å². The second kappa shape index (κ2) is 7.33. The van der Waals surface area contributed by atoms with Crippen LogP contribution in [0.4, 0.5) is 9.59 Å². The number of carbonyl (C=O) groups excluding carboxylic acids is 3. The first-order valence-electron chi connectivity index (χ1n) is 8.22. The monoisotopic (exact) mass is 421 g/mol. The third-order valence-corrected chi connectivity index (χ3v) is 5.28. The summed E-state index contributed by atoms with van der Waals surface area (Å²) in [5.74, 6) is -0.212. The number of likely N-dealkylation sites (N-methyl/N-ethyl adjacent to an activating group) is 1. The van der Waals surface area contributed by atoms with Crippen molar-refractivity contribution in [1.29, 1.82) is 0 Å². The van der Waals surface area contributed by atoms with E-state index in [1.807, 2.05) is 0 Å². The van der Waals surface area contributed by atoms with Crippen LogP contribution in [0.1, 0.15) is 11.1 Å². The summed E-state index contributed by atoms with van der Waals surface area (Å²) in [5.41, 5.74) is -0.456. The van der Waals surface area contributed by atoms with Gasteiger partial charge < -0.3 is 14.5 Å². The SMILES string of the molecule is CN(C)C(=O)Oc1ccc(C2(c3ccc(Cl)c(Cl)c3)C(=O)NC(=O)N2C)cc1. The van der Waals surface area contributed by atoms with E-state index in [-0.39, 0.29) is 5.02 Å². The van der Waals surface area contributed by atoms with Crippen LogP contribution in [0.2, 0.25) is 10.0 Å². The summed E-state index contributed by atoms with van der Waals surface area (Å²) < 4.78 is 5.21. The van der Waals surface area contributed by atoms with E-state index >= 15 is 0 Å². The topological polar surface area (TPSA) is 79.0 Å². The standard InChI is InChI=1S/C19H17Cl2N3O4/c1-23(2)18(27)28-13-7-4-11(5-8-13)19(16(25)22-17(26)24(19)3)12-6-9-14(20)15(21)10-12/h4-10H,1-3H3,(H,22,25,26). The van der Waals surface area contributed by atoms with Crippen LogP contribution in [-0.4, -0.2) is 49.0 Å². The van der Waals surface area contributed by atoms with Crippen molar-refractivity contribution in [3.63, 3.8) is 0 Å². The van der Waals surface area contributed by atoms with Crippen molar-refractivity contribution >= 4 is 41.2 Å². The van der Waals surface area contributed by atoms with Gasteiger partial charge >= 0.3 is 12.1 Å². The molecule has 1 aliphatic rings. The number of amides is 4. The predicted molar refractivity (Wildman–Crippen MR) is 105 cm³/mol. The molecule has 0 bridgehead atoms. The fraction of sp³-hybridized carbons (Fsp3) is 0.211. The lowest BCUT2D eigenvalue weighted by Crippen LogP contribution is -2.45. The fourth-order valence-electron chi connectivity index (χ4n) is 3.07. The minimum atomic E-state index is -1.44. The number of hydrogen-bond acceptors (Lipinski definition) is 4. The molecule has 1 unspecified atom stereocenters. The van der Waals surface area contributed by atoms with E-state index < -0.39 is 23.6 Å². The highest BCUT2D eigenvalue weighted by Gasteiger charge is 2.54. The van der Waals surface area contributed by atoms with Gasteiger partial charge in [-0.15, -0.1) is 0 Å². The summed E-state index contributed by atoms with van der Waals surface area (Å²) >= 11 is 12.2. The maximum atomic E-state index is 12.9. The van der Waals surface area contributed by atoms with Crippen molar-refractivity contribution in [2.24, 2.45) is 0 Å². The molecule has 0 saturated carbocycles. The number of imide groups is 1. The Labute approximate surface area is 171 Å². The molecule has 2 aromatic carbocycles. The van der Waals surface area contributed by atoms with Crippen molar-refractivity contribution < 1.29 is 19.1 Å². The van der Waals surface area contributed by atoms with Crippen LogP contribution in [0.5, 0.6) is 5.75 Å². The van der Waals surface area contributed by atoms with Crippen molar-refractivity contribution in [3.05, 3.63) is 63.6 Å². The minimum Gasteiger partial charge on any atom is -0.410 e. The largest absolute Gasteiger partial charge is 0.414 e. The third-order valence-electron chi connectivity index (χ3n) is 4.54. The van der Waals surface area contributed by atoms with Gasteiger partial charge in [0.2, 0.25) is 0 Å². The lowest BCUT2D eigenvalue weighted by Gasteiger charge is -2.34. The molecule has 1 atom stereocenters. The highest BCUT2D eigenvalue weighted by atomic mass is 35.5. The highest BCUT2D eigenvalue weighted by Crippen LogP contribution is 2.41. The summed E-state index contributed by atoms with van der Waals surface area (Å²) in [7, 11) is 4.65. The van der Waals surface area contributed by atoms with Gasteiger partial charge in [-0.25, -0.2) is 9.59 Å². The fourth-order valence-corrected chi connectivity index (χ4v) is 3.37. The molecule has 28 heavy (non-hydrogen) atoms. The number of rotatable bonds is 3. The average molecular weight is 422 g/mol. The van der Waals surface area contributed by atoms with E-state index in [1.165, 1.54) is 16.8 Å². The molecule has 0 spiro atoms. The number of carbonyl (C=O) groups is 3. The van der Waals surface area contributed by atoms with Crippen LogP contribution in [0.15, 0.2) is 42.5 Å². The zero-order valence-electron chi connectivity index (χ0n) is 15.3. The molecule has 0 aliphatic carbocycles. The Balaban J connectivity index is 2.11. The first-order valence-corrected chi connectivity index (χ1v) is 8.98. The van der Waals surface area contributed by atoms with Crippen LogP contribution < -0.4 is 10.1 Å². The van der Waals surface area contributed by atoms with Gasteiger partial charge in [0, 0.05) is 21.1 Å². The van der Waals surface area contributed by atoms with Gasteiger partial charge in [0.25, 0.3) is 5.91 Å². The van der Waals surface area contributed by atoms with Crippen LogP contribution >= 0.6 is 23.2 Å². The molecule has 1 N–H and O–H groups in total. The van der Waals surface area contributed by atoms with E-state index in [2.05, 4.69) is 5.32 Å². The number of hydrogen-bond donors (Lipinski definition) is 1. The second-order valence-electron chi connectivity index (χ2n) is 6.44. The lowest BCUT2D eigenvalue weighted by atomic mass is 9.81. The summed E-state index contributed by atoms with van der Waals surface area (Å²) in [6, 6.07) is 10.6. The Morgan fingerprint density at radius 2 is 1.64 bits per heavy atom. The Morgan fingerprint density at radius 1 is 1.04 bits per heavy atom. The molecular formula is C19H17Cl2N3O4. The van der Waals surface area contributed by atoms with E-state index in [1.54, 1.807) is 56.6 Å². The molecule has 4 amide bonds. The van der Waals surface area contributed by atoms with Crippen LogP contribution in [0.25, 0.3) is 0 Å².